The van der Waals surface area contributed by atoms with Crippen LogP contribution in [0.3, 0.4) is 0 Å². The van der Waals surface area contributed by atoms with Crippen LogP contribution >= 0.6 is 0 Å². The average Bonchev–Trinajstić information content (AvgIpc) is 3.07. The van der Waals surface area contributed by atoms with Gasteiger partial charge in [0.25, 0.3) is 0 Å². The van der Waals surface area contributed by atoms with Crippen molar-refractivity contribution in [3.05, 3.63) is 17.5 Å². The lowest BCUT2D eigenvalue weighted by atomic mass is 10.3. The van der Waals surface area contributed by atoms with E-state index in [1.807, 2.05) is 0 Å². The molecule has 2 aliphatic rings. The maximum atomic E-state index is 12.7. The van der Waals surface area contributed by atoms with Gasteiger partial charge < -0.3 is 5.32 Å². The zero-order valence-corrected chi connectivity index (χ0v) is 14.9. The highest BCUT2D eigenvalue weighted by atomic mass is 32.2. The Morgan fingerprint density at radius 1 is 1.42 bits per heavy atom. The molecule has 1 aromatic rings. The molecule has 0 bridgehead atoms. The van der Waals surface area contributed by atoms with Gasteiger partial charge in [0.05, 0.1) is 47.8 Å². The topological polar surface area (TPSA) is 118 Å². The Balaban J connectivity index is 1.73. The molecular formula is C13H20N4O5S2. The van der Waals surface area contributed by atoms with E-state index in [4.69, 9.17) is 0 Å². The van der Waals surface area contributed by atoms with Gasteiger partial charge >= 0.3 is 0 Å². The molecule has 134 valence electrons. The minimum absolute atomic E-state index is 0.0659. The van der Waals surface area contributed by atoms with E-state index in [0.29, 0.717) is 18.8 Å². The van der Waals surface area contributed by atoms with Crippen molar-refractivity contribution in [1.29, 1.82) is 0 Å². The van der Waals surface area contributed by atoms with Crippen LogP contribution in [0.25, 0.3) is 0 Å². The smallest absolute Gasteiger partial charge is 0.218 e. The summed E-state index contributed by atoms with van der Waals surface area (Å²) in [5.41, 5.74) is 1.41. The maximum absolute atomic E-state index is 12.7. The molecule has 0 aromatic carbocycles. The van der Waals surface area contributed by atoms with Crippen molar-refractivity contribution in [1.82, 2.24) is 19.4 Å². The van der Waals surface area contributed by atoms with Crippen LogP contribution in [0.1, 0.15) is 24.7 Å². The van der Waals surface area contributed by atoms with Gasteiger partial charge in [-0.25, -0.2) is 16.8 Å². The van der Waals surface area contributed by atoms with Crippen molar-refractivity contribution in [3.8, 4) is 0 Å². The van der Waals surface area contributed by atoms with Gasteiger partial charge in [0.15, 0.2) is 9.84 Å². The Labute approximate surface area is 141 Å². The van der Waals surface area contributed by atoms with E-state index in [2.05, 4.69) is 10.4 Å². The summed E-state index contributed by atoms with van der Waals surface area (Å²) in [6.07, 6.45) is 0.161. The highest BCUT2D eigenvalue weighted by Crippen LogP contribution is 2.25. The average molecular weight is 376 g/mol. The molecule has 1 N–H and O–H groups in total. The van der Waals surface area contributed by atoms with Crippen molar-refractivity contribution in [3.63, 3.8) is 0 Å². The fraction of sp³-hybridized carbons (Fsp3) is 0.692. The summed E-state index contributed by atoms with van der Waals surface area (Å²) >= 11 is 0. The van der Waals surface area contributed by atoms with Crippen LogP contribution in [-0.2, 0) is 44.3 Å². The highest BCUT2D eigenvalue weighted by Gasteiger charge is 2.41. The number of carbonyl (C=O) groups is 1. The van der Waals surface area contributed by atoms with E-state index in [0.717, 1.165) is 5.69 Å². The second-order valence-electron chi connectivity index (χ2n) is 6.16. The van der Waals surface area contributed by atoms with E-state index >= 15 is 0 Å². The predicted octanol–water partition coefficient (Wildman–Crippen LogP) is -1.15. The van der Waals surface area contributed by atoms with E-state index in [9.17, 15) is 21.6 Å². The molecule has 24 heavy (non-hydrogen) atoms. The van der Waals surface area contributed by atoms with Crippen molar-refractivity contribution in [2.75, 3.05) is 18.1 Å². The first-order valence-corrected chi connectivity index (χ1v) is 11.0. The van der Waals surface area contributed by atoms with Crippen molar-refractivity contribution in [2.45, 2.75) is 38.2 Å². The fourth-order valence-electron chi connectivity index (χ4n) is 3.03. The lowest BCUT2D eigenvalue weighted by molar-refractivity contribution is -0.119. The first-order valence-electron chi connectivity index (χ1n) is 7.67. The molecule has 1 aromatic heterocycles. The van der Waals surface area contributed by atoms with Gasteiger partial charge in [-0.15, -0.1) is 0 Å². The summed E-state index contributed by atoms with van der Waals surface area (Å²) < 4.78 is 51.6. The SMILES string of the molecule is CC(=O)NCc1cc2n(n1)CCN(S(=O)(=O)C1CCS(=O)(=O)C1)C2. The number of fused-ring (bicyclic) bond motifs is 1. The fourth-order valence-corrected chi connectivity index (χ4v) is 7.52. The molecule has 1 amide bonds. The monoisotopic (exact) mass is 376 g/mol. The Bertz CT molecular complexity index is 859. The quantitative estimate of drug-likeness (QED) is 0.709. The lowest BCUT2D eigenvalue weighted by Crippen LogP contribution is -2.43. The van der Waals surface area contributed by atoms with Crippen molar-refractivity contribution >= 4 is 25.8 Å². The summed E-state index contributed by atoms with van der Waals surface area (Å²) in [4.78, 5) is 11.0. The normalized spacial score (nSPS) is 23.8. The van der Waals surface area contributed by atoms with Crippen LogP contribution in [0.15, 0.2) is 6.07 Å². The number of sulfone groups is 1. The van der Waals surface area contributed by atoms with Gasteiger partial charge in [-0.05, 0) is 12.5 Å². The summed E-state index contributed by atoms with van der Waals surface area (Å²) in [5, 5.41) is 6.15. The Morgan fingerprint density at radius 2 is 2.17 bits per heavy atom. The number of aromatic nitrogens is 2. The third-order valence-corrected chi connectivity index (χ3v) is 8.56. The third-order valence-electron chi connectivity index (χ3n) is 4.30. The van der Waals surface area contributed by atoms with E-state index in [1.54, 1.807) is 10.7 Å². The standard InChI is InChI=1S/C13H20N4O5S2/c1-10(18)14-7-11-6-12-8-16(3-4-17(12)15-11)24(21,22)13-2-5-23(19,20)9-13/h6,13H,2-5,7-9H2,1H3,(H,14,18). The van der Waals surface area contributed by atoms with Crippen LogP contribution in [0.5, 0.6) is 0 Å². The van der Waals surface area contributed by atoms with E-state index < -0.39 is 25.1 Å². The van der Waals surface area contributed by atoms with Crippen LogP contribution in [0.2, 0.25) is 0 Å². The number of hydrogen-bond donors (Lipinski definition) is 1. The number of rotatable bonds is 4. The molecule has 2 aliphatic heterocycles. The highest BCUT2D eigenvalue weighted by molar-refractivity contribution is 7.95. The first-order chi connectivity index (χ1) is 11.2. The number of nitrogens with one attached hydrogen (secondary N) is 1. The second kappa shape index (κ2) is 6.12. The Morgan fingerprint density at radius 3 is 2.79 bits per heavy atom. The van der Waals surface area contributed by atoms with Crippen molar-refractivity contribution < 1.29 is 21.6 Å². The summed E-state index contributed by atoms with van der Waals surface area (Å²) in [6, 6.07) is 1.77. The van der Waals surface area contributed by atoms with Crippen LogP contribution in [0.4, 0.5) is 0 Å². The Hall–Kier alpha value is -1.46. The molecule has 11 heteroatoms. The molecule has 1 unspecified atom stereocenters. The van der Waals surface area contributed by atoms with Crippen LogP contribution in [-0.4, -0.2) is 60.1 Å². The zero-order chi connectivity index (χ0) is 17.5. The molecular weight excluding hydrogens is 356 g/mol. The van der Waals surface area contributed by atoms with Gasteiger partial charge in [0, 0.05) is 13.5 Å². The molecule has 1 fully saturated rings. The number of hydrogen-bond acceptors (Lipinski definition) is 6. The van der Waals surface area contributed by atoms with Gasteiger partial charge in [-0.1, -0.05) is 0 Å². The van der Waals surface area contributed by atoms with E-state index in [-0.39, 0.29) is 36.9 Å². The maximum Gasteiger partial charge on any atom is 0.218 e. The molecule has 0 saturated carbocycles. The van der Waals surface area contributed by atoms with Crippen molar-refractivity contribution in [2.24, 2.45) is 0 Å². The van der Waals surface area contributed by atoms with E-state index in [1.165, 1.54) is 11.2 Å². The number of nitrogens with zero attached hydrogens (tertiary/aromatic N) is 3. The molecule has 9 nitrogen and oxygen atoms in total. The summed E-state index contributed by atoms with van der Waals surface area (Å²) in [5.74, 6) is -0.518. The lowest BCUT2D eigenvalue weighted by Gasteiger charge is -2.29. The molecule has 0 spiro atoms. The molecule has 0 radical (unpaired) electrons. The molecule has 3 heterocycles. The summed E-state index contributed by atoms with van der Waals surface area (Å²) in [6.45, 7) is 2.57. The predicted molar refractivity (Wildman–Crippen MR) is 86.1 cm³/mol. The Kier molecular flexibility index (Phi) is 4.43. The minimum atomic E-state index is -3.65. The third kappa shape index (κ3) is 3.47. The van der Waals surface area contributed by atoms with Crippen LogP contribution < -0.4 is 5.32 Å². The molecule has 3 rings (SSSR count). The zero-order valence-electron chi connectivity index (χ0n) is 13.3. The second-order valence-corrected chi connectivity index (χ2v) is 10.6. The van der Waals surface area contributed by atoms with Gasteiger partial charge in [0.1, 0.15) is 0 Å². The molecule has 1 saturated heterocycles. The number of amides is 1. The first kappa shape index (κ1) is 17.4. The molecule has 0 aliphatic carbocycles. The van der Waals surface area contributed by atoms with Gasteiger partial charge in [-0.2, -0.15) is 9.40 Å². The largest absolute Gasteiger partial charge is 0.351 e. The summed E-state index contributed by atoms with van der Waals surface area (Å²) in [7, 11) is -6.90. The number of sulfonamides is 1. The number of carbonyl (C=O) groups excluding carboxylic acids is 1. The minimum Gasteiger partial charge on any atom is -0.351 e. The molecule has 1 atom stereocenters. The van der Waals surface area contributed by atoms with Gasteiger partial charge in [-0.3, -0.25) is 9.48 Å². The van der Waals surface area contributed by atoms with Gasteiger partial charge in [0.2, 0.25) is 15.9 Å². The van der Waals surface area contributed by atoms with Crippen LogP contribution in [0, 0.1) is 0 Å².